The number of aliphatic hydroxyl groups is 1. The number of phenolic OH excluding ortho intramolecular Hbond substituents is 1. The molecule has 2 aromatic rings. The summed E-state index contributed by atoms with van der Waals surface area (Å²) in [6, 6.07) is 13.2. The molecule has 2 aromatic carbocycles. The Morgan fingerprint density at radius 1 is 1.08 bits per heavy atom. The zero-order chi connectivity index (χ0) is 17.4. The Balaban J connectivity index is 1.73. The smallest absolute Gasteiger partial charge is 0.133 e. The minimum atomic E-state index is -0.439. The molecule has 0 spiro atoms. The van der Waals surface area contributed by atoms with Gasteiger partial charge in [-0.05, 0) is 77.0 Å². The predicted octanol–water partition coefficient (Wildman–Crippen LogP) is 4.65. The average Bonchev–Trinajstić information content (AvgIpc) is 2.58. The molecule has 3 nitrogen and oxygen atoms in total. The Labute approximate surface area is 151 Å². The van der Waals surface area contributed by atoms with Gasteiger partial charge < -0.3 is 14.9 Å². The molecule has 0 aliphatic heterocycles. The number of aliphatic hydroxyl groups excluding tert-OH is 1. The molecule has 24 heavy (non-hydrogen) atoms. The second kappa shape index (κ2) is 9.50. The summed E-state index contributed by atoms with van der Waals surface area (Å²) in [7, 11) is 1.65. The van der Waals surface area contributed by atoms with Crippen LogP contribution in [0.5, 0.6) is 11.5 Å². The van der Waals surface area contributed by atoms with Gasteiger partial charge in [-0.15, -0.1) is 0 Å². The van der Waals surface area contributed by atoms with Crippen molar-refractivity contribution >= 4 is 15.9 Å². The van der Waals surface area contributed by atoms with E-state index in [-0.39, 0.29) is 5.75 Å². The van der Waals surface area contributed by atoms with Crippen molar-refractivity contribution in [2.45, 2.75) is 31.8 Å². The second-order valence-corrected chi connectivity index (χ2v) is 6.56. The first-order chi connectivity index (χ1) is 11.6. The van der Waals surface area contributed by atoms with Crippen LogP contribution < -0.4 is 4.74 Å². The summed E-state index contributed by atoms with van der Waals surface area (Å²) in [6.07, 6.45) is 6.71. The molecular weight excluding hydrogens is 368 g/mol. The standard InChI is InChI=1S/C20H23BrO3/c1-24-20-13-9-16(14-19(20)21)8-12-17(22)5-3-2-4-15-6-10-18(23)11-7-15/h3,5-7,9-11,13-14,17,22-23H,2,4,8,12H2,1H3/b5-3-. The van der Waals surface area contributed by atoms with Crippen molar-refractivity contribution in [1.29, 1.82) is 0 Å². The van der Waals surface area contributed by atoms with E-state index in [1.165, 1.54) is 11.1 Å². The van der Waals surface area contributed by atoms with Gasteiger partial charge in [0.25, 0.3) is 0 Å². The molecule has 0 heterocycles. The van der Waals surface area contributed by atoms with Crippen molar-refractivity contribution in [1.82, 2.24) is 0 Å². The van der Waals surface area contributed by atoms with Gasteiger partial charge >= 0.3 is 0 Å². The Morgan fingerprint density at radius 3 is 2.46 bits per heavy atom. The van der Waals surface area contributed by atoms with E-state index in [9.17, 15) is 10.2 Å². The molecule has 128 valence electrons. The number of aromatic hydroxyl groups is 1. The van der Waals surface area contributed by atoms with Gasteiger partial charge in [0.15, 0.2) is 0 Å². The van der Waals surface area contributed by atoms with Gasteiger partial charge in [-0.1, -0.05) is 30.4 Å². The molecule has 0 aliphatic carbocycles. The second-order valence-electron chi connectivity index (χ2n) is 5.71. The SMILES string of the molecule is COc1ccc(CCC(O)/C=C\CCc2ccc(O)cc2)cc1Br. The van der Waals surface area contributed by atoms with Gasteiger partial charge in [0, 0.05) is 0 Å². The van der Waals surface area contributed by atoms with Crippen molar-refractivity contribution in [3.05, 3.63) is 70.2 Å². The third-order valence-corrected chi connectivity index (χ3v) is 4.46. The fourth-order valence-corrected chi connectivity index (χ4v) is 3.03. The fourth-order valence-electron chi connectivity index (χ4n) is 2.44. The van der Waals surface area contributed by atoms with Crippen molar-refractivity contribution in [3.8, 4) is 11.5 Å². The molecule has 0 amide bonds. The number of ether oxygens (including phenoxy) is 1. The first-order valence-electron chi connectivity index (χ1n) is 8.03. The molecule has 1 unspecified atom stereocenters. The summed E-state index contributed by atoms with van der Waals surface area (Å²) in [5.74, 6) is 1.10. The number of aryl methyl sites for hydroxylation is 2. The molecule has 0 aliphatic rings. The zero-order valence-corrected chi connectivity index (χ0v) is 15.4. The molecule has 0 radical (unpaired) electrons. The van der Waals surface area contributed by atoms with Gasteiger partial charge in [0.05, 0.1) is 17.7 Å². The maximum Gasteiger partial charge on any atom is 0.133 e. The molecule has 0 aromatic heterocycles. The van der Waals surface area contributed by atoms with Crippen molar-refractivity contribution < 1.29 is 14.9 Å². The average molecular weight is 391 g/mol. The van der Waals surface area contributed by atoms with E-state index < -0.39 is 6.10 Å². The summed E-state index contributed by atoms with van der Waals surface area (Å²) >= 11 is 3.48. The maximum absolute atomic E-state index is 10.1. The molecule has 4 heteroatoms. The van der Waals surface area contributed by atoms with E-state index in [4.69, 9.17) is 4.74 Å². The van der Waals surface area contributed by atoms with Crippen LogP contribution in [0.3, 0.4) is 0 Å². The van der Waals surface area contributed by atoms with Crippen LogP contribution in [0.25, 0.3) is 0 Å². The Morgan fingerprint density at radius 2 is 1.79 bits per heavy atom. The first-order valence-corrected chi connectivity index (χ1v) is 8.83. The molecule has 2 N–H and O–H groups in total. The summed E-state index contributed by atoms with van der Waals surface area (Å²) < 4.78 is 6.14. The minimum Gasteiger partial charge on any atom is -0.508 e. The van der Waals surface area contributed by atoms with Crippen LogP contribution in [-0.2, 0) is 12.8 Å². The normalized spacial score (nSPS) is 12.5. The number of rotatable bonds is 8. The highest BCUT2D eigenvalue weighted by atomic mass is 79.9. The molecule has 2 rings (SSSR count). The van der Waals surface area contributed by atoms with Crippen molar-refractivity contribution in [3.63, 3.8) is 0 Å². The Bertz CT molecular complexity index is 665. The summed E-state index contributed by atoms with van der Waals surface area (Å²) in [4.78, 5) is 0. The number of hydrogen-bond acceptors (Lipinski definition) is 3. The van der Waals surface area contributed by atoms with Gasteiger partial charge in [-0.2, -0.15) is 0 Å². The van der Waals surface area contributed by atoms with Gasteiger partial charge in [0.1, 0.15) is 11.5 Å². The zero-order valence-electron chi connectivity index (χ0n) is 13.8. The lowest BCUT2D eigenvalue weighted by Crippen LogP contribution is -2.04. The van der Waals surface area contributed by atoms with Crippen LogP contribution in [0.1, 0.15) is 24.0 Å². The van der Waals surface area contributed by atoms with Crippen LogP contribution >= 0.6 is 15.9 Å². The lowest BCUT2D eigenvalue weighted by Gasteiger charge is -2.08. The summed E-state index contributed by atoms with van der Waals surface area (Å²) in [5.41, 5.74) is 2.34. The lowest BCUT2D eigenvalue weighted by molar-refractivity contribution is 0.212. The number of hydrogen-bond donors (Lipinski definition) is 2. The maximum atomic E-state index is 10.1. The van der Waals surface area contributed by atoms with Crippen LogP contribution in [0.4, 0.5) is 0 Å². The third kappa shape index (κ3) is 6.02. The molecule has 0 fully saturated rings. The third-order valence-electron chi connectivity index (χ3n) is 3.84. The number of phenols is 1. The first kappa shape index (κ1) is 18.6. The van der Waals surface area contributed by atoms with E-state index in [1.54, 1.807) is 19.2 Å². The van der Waals surface area contributed by atoms with Gasteiger partial charge in [0.2, 0.25) is 0 Å². The lowest BCUT2D eigenvalue weighted by atomic mass is 10.1. The van der Waals surface area contributed by atoms with E-state index >= 15 is 0 Å². The van der Waals surface area contributed by atoms with E-state index in [0.717, 1.165) is 29.5 Å². The van der Waals surface area contributed by atoms with Crippen molar-refractivity contribution in [2.24, 2.45) is 0 Å². The summed E-state index contributed by atoms with van der Waals surface area (Å²) in [5, 5.41) is 19.3. The quantitative estimate of drug-likeness (QED) is 0.645. The Kier molecular flexibility index (Phi) is 7.35. The van der Waals surface area contributed by atoms with Crippen LogP contribution in [0.15, 0.2) is 59.1 Å². The van der Waals surface area contributed by atoms with Crippen molar-refractivity contribution in [2.75, 3.05) is 7.11 Å². The van der Waals surface area contributed by atoms with E-state index in [2.05, 4.69) is 15.9 Å². The topological polar surface area (TPSA) is 49.7 Å². The minimum absolute atomic E-state index is 0.287. The highest BCUT2D eigenvalue weighted by Gasteiger charge is 2.04. The van der Waals surface area contributed by atoms with E-state index in [1.807, 2.05) is 42.5 Å². The highest BCUT2D eigenvalue weighted by molar-refractivity contribution is 9.10. The highest BCUT2D eigenvalue weighted by Crippen LogP contribution is 2.26. The van der Waals surface area contributed by atoms with Gasteiger partial charge in [-0.25, -0.2) is 0 Å². The number of benzene rings is 2. The molecule has 0 bridgehead atoms. The number of methoxy groups -OCH3 is 1. The molecule has 0 saturated carbocycles. The van der Waals surface area contributed by atoms with Gasteiger partial charge in [-0.3, -0.25) is 0 Å². The van der Waals surface area contributed by atoms with Crippen LogP contribution in [-0.4, -0.2) is 23.4 Å². The largest absolute Gasteiger partial charge is 0.508 e. The fraction of sp³-hybridized carbons (Fsp3) is 0.300. The van der Waals surface area contributed by atoms with Crippen LogP contribution in [0, 0.1) is 0 Å². The monoisotopic (exact) mass is 390 g/mol. The Hall–Kier alpha value is -1.78. The number of allylic oxidation sites excluding steroid dienone is 1. The molecule has 0 saturated heterocycles. The van der Waals surface area contributed by atoms with E-state index in [0.29, 0.717) is 6.42 Å². The predicted molar refractivity (Wildman–Crippen MR) is 101 cm³/mol. The molecule has 1 atom stereocenters. The van der Waals surface area contributed by atoms with Crippen LogP contribution in [0.2, 0.25) is 0 Å². The molecular formula is C20H23BrO3. The summed E-state index contributed by atoms with van der Waals surface area (Å²) in [6.45, 7) is 0. The number of halogens is 1.